The first kappa shape index (κ1) is 13.3. The fourth-order valence-electron chi connectivity index (χ4n) is 3.00. The van der Waals surface area contributed by atoms with Crippen LogP contribution in [0.1, 0.15) is 12.8 Å². The number of ether oxygens (including phenoxy) is 1. The lowest BCUT2D eigenvalue weighted by molar-refractivity contribution is 0.0137. The third kappa shape index (κ3) is 3.09. The van der Waals surface area contributed by atoms with Crippen molar-refractivity contribution in [2.24, 2.45) is 0 Å². The number of nitrogens with zero attached hydrogens (tertiary/aromatic N) is 3. The molecule has 3 heterocycles. The van der Waals surface area contributed by atoms with Gasteiger partial charge in [-0.15, -0.1) is 0 Å². The smallest absolute Gasteiger partial charge is 0.142 e. The average Bonchev–Trinajstić information content (AvgIpc) is 2.49. The second-order valence-corrected chi connectivity index (χ2v) is 6.05. The van der Waals surface area contributed by atoms with Gasteiger partial charge in [-0.1, -0.05) is 0 Å². The van der Waals surface area contributed by atoms with Gasteiger partial charge >= 0.3 is 0 Å². The molecule has 1 aromatic heterocycles. The fourth-order valence-corrected chi connectivity index (χ4v) is 3.50. The van der Waals surface area contributed by atoms with E-state index in [2.05, 4.69) is 36.8 Å². The Morgan fingerprint density at radius 1 is 1.26 bits per heavy atom. The van der Waals surface area contributed by atoms with Crippen LogP contribution in [0.5, 0.6) is 0 Å². The van der Waals surface area contributed by atoms with Crippen molar-refractivity contribution in [1.82, 2.24) is 9.88 Å². The molecule has 0 aliphatic carbocycles. The second kappa shape index (κ2) is 6.20. The summed E-state index contributed by atoms with van der Waals surface area (Å²) in [5, 5.41) is 0. The van der Waals surface area contributed by atoms with Gasteiger partial charge in [0, 0.05) is 38.4 Å². The summed E-state index contributed by atoms with van der Waals surface area (Å²) in [5.74, 6) is 1.08. The van der Waals surface area contributed by atoms with Gasteiger partial charge in [0.15, 0.2) is 0 Å². The van der Waals surface area contributed by atoms with Crippen molar-refractivity contribution >= 4 is 21.7 Å². The topological polar surface area (TPSA) is 28.6 Å². The lowest BCUT2D eigenvalue weighted by atomic mass is 10.0. The van der Waals surface area contributed by atoms with Crippen molar-refractivity contribution in [2.45, 2.75) is 18.9 Å². The summed E-state index contributed by atoms with van der Waals surface area (Å²) in [5.41, 5.74) is 0. The number of anilines is 1. The summed E-state index contributed by atoms with van der Waals surface area (Å²) in [6.45, 7) is 6.09. The van der Waals surface area contributed by atoms with Crippen LogP contribution in [0.25, 0.3) is 0 Å². The Bertz CT molecular complexity index is 423. The van der Waals surface area contributed by atoms with E-state index in [1.165, 1.54) is 12.8 Å². The van der Waals surface area contributed by atoms with E-state index in [4.69, 9.17) is 4.74 Å². The van der Waals surface area contributed by atoms with Gasteiger partial charge < -0.3 is 9.64 Å². The fraction of sp³-hybridized carbons (Fsp3) is 0.643. The summed E-state index contributed by atoms with van der Waals surface area (Å²) in [6, 6.07) is 4.68. The van der Waals surface area contributed by atoms with E-state index < -0.39 is 0 Å². The van der Waals surface area contributed by atoms with Crippen LogP contribution in [-0.2, 0) is 4.74 Å². The molecule has 0 saturated carbocycles. The Morgan fingerprint density at radius 2 is 2.11 bits per heavy atom. The standard InChI is InChI=1S/C14H20BrN3O/c15-13-4-1-5-16-14(13)18-6-2-3-12(11-18)17-7-9-19-10-8-17/h1,4-5,12H,2-3,6-11H2. The number of hydrogen-bond acceptors (Lipinski definition) is 4. The van der Waals surface area contributed by atoms with Crippen molar-refractivity contribution in [3.63, 3.8) is 0 Å². The Balaban J connectivity index is 1.69. The SMILES string of the molecule is Brc1cccnc1N1CCCC(N2CCOCC2)C1. The van der Waals surface area contributed by atoms with Crippen molar-refractivity contribution < 1.29 is 4.74 Å². The zero-order chi connectivity index (χ0) is 13.1. The minimum absolute atomic E-state index is 0.645. The summed E-state index contributed by atoms with van der Waals surface area (Å²) >= 11 is 3.61. The second-order valence-electron chi connectivity index (χ2n) is 5.20. The van der Waals surface area contributed by atoms with E-state index in [1.54, 1.807) is 0 Å². The summed E-state index contributed by atoms with van der Waals surface area (Å²) in [4.78, 5) is 9.50. The average molecular weight is 326 g/mol. The van der Waals surface area contributed by atoms with Crippen LogP contribution < -0.4 is 4.90 Å². The first-order valence-electron chi connectivity index (χ1n) is 7.02. The van der Waals surface area contributed by atoms with Crippen molar-refractivity contribution in [3.05, 3.63) is 22.8 Å². The monoisotopic (exact) mass is 325 g/mol. The molecule has 0 amide bonds. The number of pyridine rings is 1. The molecule has 0 N–H and O–H groups in total. The molecule has 1 atom stereocenters. The molecule has 104 valence electrons. The molecule has 0 aromatic carbocycles. The van der Waals surface area contributed by atoms with Gasteiger partial charge in [0.1, 0.15) is 5.82 Å². The molecule has 1 aromatic rings. The first-order chi connectivity index (χ1) is 9.34. The van der Waals surface area contributed by atoms with E-state index in [9.17, 15) is 0 Å². The molecule has 2 aliphatic heterocycles. The third-order valence-electron chi connectivity index (χ3n) is 4.00. The Morgan fingerprint density at radius 3 is 2.89 bits per heavy atom. The highest BCUT2D eigenvalue weighted by molar-refractivity contribution is 9.10. The summed E-state index contributed by atoms with van der Waals surface area (Å²) in [6.07, 6.45) is 4.41. The Kier molecular flexibility index (Phi) is 4.35. The van der Waals surface area contributed by atoms with Gasteiger partial charge in [0.25, 0.3) is 0 Å². The zero-order valence-electron chi connectivity index (χ0n) is 11.1. The van der Waals surface area contributed by atoms with E-state index in [0.717, 1.165) is 49.7 Å². The van der Waals surface area contributed by atoms with Crippen LogP contribution in [-0.4, -0.2) is 55.3 Å². The summed E-state index contributed by atoms with van der Waals surface area (Å²) in [7, 11) is 0. The quantitative estimate of drug-likeness (QED) is 0.833. The molecule has 1 unspecified atom stereocenters. The Labute approximate surface area is 122 Å². The molecule has 3 rings (SSSR count). The Hall–Kier alpha value is -0.650. The highest BCUT2D eigenvalue weighted by atomic mass is 79.9. The lowest BCUT2D eigenvalue weighted by Gasteiger charge is -2.41. The van der Waals surface area contributed by atoms with Crippen LogP contribution in [0.4, 0.5) is 5.82 Å². The number of halogens is 1. The van der Waals surface area contributed by atoms with Gasteiger partial charge in [-0.3, -0.25) is 4.90 Å². The molecular weight excluding hydrogens is 306 g/mol. The van der Waals surface area contributed by atoms with Gasteiger partial charge in [0.2, 0.25) is 0 Å². The maximum Gasteiger partial charge on any atom is 0.142 e. The van der Waals surface area contributed by atoms with E-state index in [1.807, 2.05) is 12.3 Å². The molecule has 2 aliphatic rings. The van der Waals surface area contributed by atoms with Gasteiger partial charge in [-0.25, -0.2) is 4.98 Å². The minimum atomic E-state index is 0.645. The first-order valence-corrected chi connectivity index (χ1v) is 7.81. The van der Waals surface area contributed by atoms with Gasteiger partial charge in [-0.05, 0) is 40.9 Å². The molecule has 19 heavy (non-hydrogen) atoms. The number of morpholine rings is 1. The van der Waals surface area contributed by atoms with E-state index in [-0.39, 0.29) is 0 Å². The molecular formula is C14H20BrN3O. The predicted molar refractivity (Wildman–Crippen MR) is 79.6 cm³/mol. The number of aromatic nitrogens is 1. The highest BCUT2D eigenvalue weighted by Gasteiger charge is 2.27. The molecule has 0 bridgehead atoms. The predicted octanol–water partition coefficient (Wildman–Crippen LogP) is 2.15. The zero-order valence-corrected chi connectivity index (χ0v) is 12.7. The molecule has 2 saturated heterocycles. The van der Waals surface area contributed by atoms with E-state index in [0.29, 0.717) is 6.04 Å². The molecule has 2 fully saturated rings. The van der Waals surface area contributed by atoms with Crippen molar-refractivity contribution in [3.8, 4) is 0 Å². The molecule has 0 spiro atoms. The molecule has 4 nitrogen and oxygen atoms in total. The van der Waals surface area contributed by atoms with Gasteiger partial charge in [0.05, 0.1) is 17.7 Å². The maximum atomic E-state index is 5.45. The van der Waals surface area contributed by atoms with Crippen molar-refractivity contribution in [1.29, 1.82) is 0 Å². The van der Waals surface area contributed by atoms with Crippen molar-refractivity contribution in [2.75, 3.05) is 44.3 Å². The maximum absolute atomic E-state index is 5.45. The lowest BCUT2D eigenvalue weighted by Crippen LogP contribution is -2.51. The highest BCUT2D eigenvalue weighted by Crippen LogP contribution is 2.27. The largest absolute Gasteiger partial charge is 0.379 e. The minimum Gasteiger partial charge on any atom is -0.379 e. The van der Waals surface area contributed by atoms with Crippen LogP contribution >= 0.6 is 15.9 Å². The number of hydrogen-bond donors (Lipinski definition) is 0. The molecule has 5 heteroatoms. The van der Waals surface area contributed by atoms with Crippen LogP contribution in [0, 0.1) is 0 Å². The van der Waals surface area contributed by atoms with Crippen LogP contribution in [0.2, 0.25) is 0 Å². The van der Waals surface area contributed by atoms with Gasteiger partial charge in [-0.2, -0.15) is 0 Å². The van der Waals surface area contributed by atoms with E-state index >= 15 is 0 Å². The summed E-state index contributed by atoms with van der Waals surface area (Å²) < 4.78 is 6.54. The van der Waals surface area contributed by atoms with Crippen LogP contribution in [0.3, 0.4) is 0 Å². The normalized spacial score (nSPS) is 25.5. The molecule has 0 radical (unpaired) electrons. The third-order valence-corrected chi connectivity index (χ3v) is 4.62. The number of rotatable bonds is 2. The number of piperidine rings is 1. The van der Waals surface area contributed by atoms with Crippen LogP contribution in [0.15, 0.2) is 22.8 Å².